The van der Waals surface area contributed by atoms with Gasteiger partial charge in [0.2, 0.25) is 0 Å². The maximum absolute atomic E-state index is 12.6. The minimum atomic E-state index is -0.337. The molecule has 2 atom stereocenters. The Bertz CT molecular complexity index is 662. The van der Waals surface area contributed by atoms with Crippen LogP contribution in [0.25, 0.3) is 0 Å². The van der Waals surface area contributed by atoms with Crippen molar-refractivity contribution in [2.45, 2.75) is 31.2 Å². The molecular weight excluding hydrogens is 348 g/mol. The van der Waals surface area contributed by atoms with Gasteiger partial charge in [-0.1, -0.05) is 18.2 Å². The molecule has 0 bridgehead atoms. The van der Waals surface area contributed by atoms with Crippen molar-refractivity contribution in [3.8, 4) is 0 Å². The summed E-state index contributed by atoms with van der Waals surface area (Å²) in [6.45, 7) is 1.08. The van der Waals surface area contributed by atoms with E-state index in [0.29, 0.717) is 18.7 Å². The Morgan fingerprint density at radius 1 is 1.11 bits per heavy atom. The minimum absolute atomic E-state index is 0.0164. The van der Waals surface area contributed by atoms with Crippen molar-refractivity contribution < 1.29 is 24.5 Å². The van der Waals surface area contributed by atoms with Crippen molar-refractivity contribution in [3.63, 3.8) is 0 Å². The molecule has 0 radical (unpaired) electrons. The van der Waals surface area contributed by atoms with Crippen molar-refractivity contribution in [1.29, 1.82) is 0 Å². The van der Waals surface area contributed by atoms with Crippen molar-refractivity contribution in [1.82, 2.24) is 10.2 Å². The quantitative estimate of drug-likeness (QED) is 0.674. The molecule has 2 unspecified atom stereocenters. The maximum atomic E-state index is 12.6. The third kappa shape index (κ3) is 4.42. The van der Waals surface area contributed by atoms with Gasteiger partial charge in [-0.25, -0.2) is 9.59 Å². The number of carbonyl (C=O) groups excluding carboxylic acids is 2. The summed E-state index contributed by atoms with van der Waals surface area (Å²) in [6.07, 6.45) is 2.30. The van der Waals surface area contributed by atoms with Gasteiger partial charge in [-0.3, -0.25) is 0 Å². The smallest absolute Gasteiger partial charge is 0.338 e. The van der Waals surface area contributed by atoms with E-state index in [1.54, 1.807) is 11.0 Å². The molecule has 1 aliphatic carbocycles. The van der Waals surface area contributed by atoms with Crippen LogP contribution >= 0.6 is 0 Å². The van der Waals surface area contributed by atoms with Gasteiger partial charge in [-0.05, 0) is 36.8 Å². The van der Waals surface area contributed by atoms with Crippen LogP contribution in [0.4, 0.5) is 4.79 Å². The molecule has 2 amide bonds. The fourth-order valence-electron chi connectivity index (χ4n) is 4.15. The summed E-state index contributed by atoms with van der Waals surface area (Å²) in [5.41, 5.74) is 1.55. The van der Waals surface area contributed by atoms with Crippen molar-refractivity contribution >= 4 is 12.0 Å². The van der Waals surface area contributed by atoms with Gasteiger partial charge >= 0.3 is 12.0 Å². The Morgan fingerprint density at radius 2 is 1.74 bits per heavy atom. The number of carbonyl (C=O) groups is 2. The molecular formula is C20H28N2O5. The molecule has 1 heterocycles. The second kappa shape index (κ2) is 8.71. The van der Waals surface area contributed by atoms with E-state index in [1.165, 1.54) is 7.11 Å². The summed E-state index contributed by atoms with van der Waals surface area (Å²) in [4.78, 5) is 26.2. The van der Waals surface area contributed by atoms with Crippen LogP contribution in [0.1, 0.15) is 41.1 Å². The Labute approximate surface area is 159 Å². The van der Waals surface area contributed by atoms with Gasteiger partial charge in [-0.15, -0.1) is 0 Å². The van der Waals surface area contributed by atoms with Crippen LogP contribution in [0.2, 0.25) is 0 Å². The first-order valence-electron chi connectivity index (χ1n) is 9.50. The molecule has 3 N–H and O–H groups in total. The zero-order chi connectivity index (χ0) is 19.4. The summed E-state index contributed by atoms with van der Waals surface area (Å²) in [7, 11) is 1.38. The van der Waals surface area contributed by atoms with Gasteiger partial charge in [0.25, 0.3) is 0 Å². The lowest BCUT2D eigenvalue weighted by Crippen LogP contribution is -2.54. The van der Waals surface area contributed by atoms with Crippen LogP contribution in [0.15, 0.2) is 24.3 Å². The molecule has 27 heavy (non-hydrogen) atoms. The highest BCUT2D eigenvalue weighted by Crippen LogP contribution is 2.38. The van der Waals surface area contributed by atoms with Crippen LogP contribution in [-0.2, 0) is 4.74 Å². The molecule has 1 saturated carbocycles. The molecule has 1 aromatic carbocycles. The number of hydrogen-bond acceptors (Lipinski definition) is 5. The number of esters is 1. The van der Waals surface area contributed by atoms with Crippen LogP contribution in [0.3, 0.4) is 0 Å². The number of amides is 2. The minimum Gasteiger partial charge on any atom is -0.465 e. The second-order valence-electron chi connectivity index (χ2n) is 7.63. The fraction of sp³-hybridized carbons (Fsp3) is 0.600. The Kier molecular flexibility index (Phi) is 6.34. The van der Waals surface area contributed by atoms with Gasteiger partial charge in [0, 0.05) is 44.2 Å². The van der Waals surface area contributed by atoms with Gasteiger partial charge in [0.15, 0.2) is 0 Å². The van der Waals surface area contributed by atoms with Crippen molar-refractivity contribution in [2.24, 2.45) is 11.8 Å². The molecule has 7 nitrogen and oxygen atoms in total. The summed E-state index contributed by atoms with van der Waals surface area (Å²) in [5.74, 6) is -0.0794. The number of urea groups is 1. The molecule has 0 spiro atoms. The molecule has 7 heteroatoms. The first-order valence-corrected chi connectivity index (χ1v) is 9.50. The zero-order valence-electron chi connectivity index (χ0n) is 15.6. The highest BCUT2D eigenvalue weighted by atomic mass is 16.5. The average Bonchev–Trinajstić information content (AvgIpc) is 2.69. The lowest BCUT2D eigenvalue weighted by atomic mass is 9.74. The number of benzene rings is 1. The number of nitrogens with zero attached hydrogens (tertiary/aromatic N) is 1. The van der Waals surface area contributed by atoms with Crippen LogP contribution in [0.5, 0.6) is 0 Å². The van der Waals surface area contributed by atoms with E-state index in [0.717, 1.165) is 24.8 Å². The predicted molar refractivity (Wildman–Crippen MR) is 99.4 cm³/mol. The topological polar surface area (TPSA) is 99.1 Å². The van der Waals surface area contributed by atoms with E-state index in [1.807, 2.05) is 18.2 Å². The predicted octanol–water partition coefficient (Wildman–Crippen LogP) is 1.35. The molecule has 1 aromatic rings. The van der Waals surface area contributed by atoms with Crippen LogP contribution in [-0.4, -0.2) is 66.6 Å². The number of ether oxygens (including phenoxy) is 1. The van der Waals surface area contributed by atoms with Crippen molar-refractivity contribution in [3.05, 3.63) is 35.4 Å². The first-order chi connectivity index (χ1) is 13.0. The van der Waals surface area contributed by atoms with Crippen molar-refractivity contribution in [2.75, 3.05) is 33.4 Å². The normalized spacial score (nSPS) is 27.6. The molecule has 0 aromatic heterocycles. The SMILES string of the molecule is COC(=O)c1ccccc1C1CC(NC(=O)N2CC(CO)CC(CO)C2)C1. The fourth-order valence-corrected chi connectivity index (χ4v) is 4.15. The standard InChI is InChI=1S/C20H28N2O5/c1-27-19(25)18-5-3-2-4-17(18)15-7-16(8-15)21-20(26)22-9-13(11-23)6-14(10-22)12-24/h2-5,13-16,23-24H,6-12H2,1H3,(H,21,26). The van der Waals surface area contributed by atoms with E-state index in [2.05, 4.69) is 5.32 Å². The Hall–Kier alpha value is -2.12. The number of nitrogens with one attached hydrogen (secondary N) is 1. The van der Waals surface area contributed by atoms with E-state index in [4.69, 9.17) is 4.74 Å². The zero-order valence-corrected chi connectivity index (χ0v) is 15.6. The van der Waals surface area contributed by atoms with E-state index < -0.39 is 0 Å². The Balaban J connectivity index is 1.55. The average molecular weight is 376 g/mol. The largest absolute Gasteiger partial charge is 0.465 e. The second-order valence-corrected chi connectivity index (χ2v) is 7.63. The third-order valence-electron chi connectivity index (χ3n) is 5.70. The molecule has 1 aliphatic heterocycles. The summed E-state index contributed by atoms with van der Waals surface area (Å²) in [5, 5.41) is 21.9. The van der Waals surface area contributed by atoms with E-state index >= 15 is 0 Å². The number of methoxy groups -OCH3 is 1. The Morgan fingerprint density at radius 3 is 2.33 bits per heavy atom. The molecule has 148 valence electrons. The van der Waals surface area contributed by atoms with Gasteiger partial charge in [0.1, 0.15) is 0 Å². The van der Waals surface area contributed by atoms with E-state index in [-0.39, 0.29) is 49.0 Å². The first kappa shape index (κ1) is 19.6. The number of rotatable bonds is 5. The lowest BCUT2D eigenvalue weighted by molar-refractivity contribution is 0.0596. The van der Waals surface area contributed by atoms with Crippen LogP contribution < -0.4 is 5.32 Å². The monoisotopic (exact) mass is 376 g/mol. The molecule has 2 aliphatic rings. The maximum Gasteiger partial charge on any atom is 0.338 e. The lowest BCUT2D eigenvalue weighted by Gasteiger charge is -2.41. The van der Waals surface area contributed by atoms with Gasteiger partial charge < -0.3 is 25.2 Å². The highest BCUT2D eigenvalue weighted by Gasteiger charge is 2.36. The number of aliphatic hydroxyl groups is 2. The summed E-state index contributed by atoms with van der Waals surface area (Å²) in [6, 6.07) is 7.36. The number of aliphatic hydroxyl groups excluding tert-OH is 2. The summed E-state index contributed by atoms with van der Waals surface area (Å²) < 4.78 is 4.85. The number of hydrogen-bond donors (Lipinski definition) is 3. The number of likely N-dealkylation sites (tertiary alicyclic amines) is 1. The highest BCUT2D eigenvalue weighted by molar-refractivity contribution is 5.91. The number of piperidine rings is 1. The summed E-state index contributed by atoms with van der Waals surface area (Å²) >= 11 is 0. The van der Waals surface area contributed by atoms with Gasteiger partial charge in [-0.2, -0.15) is 0 Å². The molecule has 1 saturated heterocycles. The molecule has 2 fully saturated rings. The molecule has 3 rings (SSSR count). The van der Waals surface area contributed by atoms with Crippen LogP contribution in [0, 0.1) is 11.8 Å². The van der Waals surface area contributed by atoms with Gasteiger partial charge in [0.05, 0.1) is 12.7 Å². The van der Waals surface area contributed by atoms with E-state index in [9.17, 15) is 19.8 Å². The third-order valence-corrected chi connectivity index (χ3v) is 5.70.